The summed E-state index contributed by atoms with van der Waals surface area (Å²) in [4.78, 5) is 6.95. The Labute approximate surface area is 219 Å². The number of nitrogens with zero attached hydrogens (tertiary/aromatic N) is 4. The summed E-state index contributed by atoms with van der Waals surface area (Å²) in [5.41, 5.74) is -0.179. The molecule has 0 saturated heterocycles. The number of hydrogen-bond acceptors (Lipinski definition) is 7. The van der Waals surface area contributed by atoms with Crippen molar-refractivity contribution in [1.29, 1.82) is 10.5 Å². The molecule has 11 heteroatoms. The quantitative estimate of drug-likeness (QED) is 0.188. The molecule has 0 unspecified atom stereocenters. The van der Waals surface area contributed by atoms with E-state index in [1.54, 1.807) is 48.6 Å². The lowest BCUT2D eigenvalue weighted by atomic mass is 10.2. The van der Waals surface area contributed by atoms with E-state index in [4.69, 9.17) is 42.0 Å². The smallest absolute Gasteiger partial charge is 0.314 e. The molecule has 0 radical (unpaired) electrons. The first-order valence-corrected chi connectivity index (χ1v) is 11.5. The highest BCUT2D eigenvalue weighted by atomic mass is 32.1. The van der Waals surface area contributed by atoms with Gasteiger partial charge in [0, 0.05) is 0 Å². The molecule has 1 aliphatic heterocycles. The van der Waals surface area contributed by atoms with Crippen molar-refractivity contribution in [1.82, 2.24) is 0 Å². The molecule has 4 heterocycles. The van der Waals surface area contributed by atoms with Crippen LogP contribution in [-0.2, 0) is 0 Å². The molecule has 0 amide bonds. The van der Waals surface area contributed by atoms with Gasteiger partial charge in [0.15, 0.2) is 24.7 Å². The van der Waals surface area contributed by atoms with Crippen molar-refractivity contribution in [2.75, 3.05) is 13.2 Å². The van der Waals surface area contributed by atoms with Gasteiger partial charge in [0.2, 0.25) is 0 Å². The van der Waals surface area contributed by atoms with Crippen molar-refractivity contribution >= 4 is 23.5 Å². The summed E-state index contributed by atoms with van der Waals surface area (Å²) in [6.07, 6.45) is 8.76. The molecule has 0 N–H and O–H groups in total. The first-order valence-electron chi connectivity index (χ1n) is 10.7. The van der Waals surface area contributed by atoms with Gasteiger partial charge >= 0.3 is 5.92 Å². The van der Waals surface area contributed by atoms with Crippen LogP contribution in [0.5, 0.6) is 11.5 Å². The largest absolute Gasteiger partial charge is 0.482 e. The van der Waals surface area contributed by atoms with Crippen molar-refractivity contribution in [3.63, 3.8) is 0 Å². The minimum Gasteiger partial charge on any atom is -0.482 e. The molecule has 186 valence electrons. The van der Waals surface area contributed by atoms with E-state index in [2.05, 4.69) is 9.69 Å². The van der Waals surface area contributed by atoms with E-state index in [0.717, 1.165) is 0 Å². The third-order valence-corrected chi connectivity index (χ3v) is 6.06. The number of thiophene rings is 1. The van der Waals surface area contributed by atoms with Crippen LogP contribution in [0, 0.1) is 35.8 Å². The Bertz CT molecular complexity index is 1510. The van der Waals surface area contributed by atoms with Gasteiger partial charge in [0.1, 0.15) is 32.8 Å². The number of furan rings is 2. The van der Waals surface area contributed by atoms with Crippen molar-refractivity contribution < 1.29 is 27.1 Å². The fraction of sp³-hybridized carbons (Fsp3) is 0.111. The minimum absolute atomic E-state index is 0.0895. The summed E-state index contributed by atoms with van der Waals surface area (Å²) < 4.78 is 50.8. The third-order valence-electron chi connectivity index (χ3n) is 4.88. The van der Waals surface area contributed by atoms with Gasteiger partial charge in [-0.15, -0.1) is 11.3 Å². The second-order valence-electron chi connectivity index (χ2n) is 7.53. The molecule has 38 heavy (non-hydrogen) atoms. The molecule has 0 bridgehead atoms. The number of allylic oxidation sites excluding steroid dienone is 6. The van der Waals surface area contributed by atoms with Gasteiger partial charge in [-0.1, -0.05) is 12.2 Å². The maximum atomic E-state index is 14.1. The van der Waals surface area contributed by atoms with Crippen molar-refractivity contribution in [2.24, 2.45) is 0 Å². The van der Waals surface area contributed by atoms with E-state index in [9.17, 15) is 8.78 Å². The highest BCUT2D eigenvalue weighted by molar-refractivity contribution is 7.19. The lowest BCUT2D eigenvalue weighted by molar-refractivity contribution is -0.0621. The number of alkyl halides is 2. The van der Waals surface area contributed by atoms with Crippen LogP contribution in [0.4, 0.5) is 8.78 Å². The average molecular weight is 528 g/mol. The molecule has 8 nitrogen and oxygen atoms in total. The Morgan fingerprint density at radius 3 is 1.68 bits per heavy atom. The van der Waals surface area contributed by atoms with Gasteiger partial charge in [-0.3, -0.25) is 0 Å². The van der Waals surface area contributed by atoms with Crippen LogP contribution in [0.3, 0.4) is 0 Å². The summed E-state index contributed by atoms with van der Waals surface area (Å²) >= 11 is 1.17. The molecule has 1 aliphatic rings. The Morgan fingerprint density at radius 2 is 1.29 bits per heavy atom. The Hall–Kier alpha value is -5.36. The van der Waals surface area contributed by atoms with Crippen molar-refractivity contribution in [3.05, 3.63) is 94.3 Å². The van der Waals surface area contributed by atoms with E-state index in [1.165, 1.54) is 35.6 Å². The topological polar surface area (TPSA) is 101 Å². The lowest BCUT2D eigenvalue weighted by Crippen LogP contribution is -2.30. The highest BCUT2D eigenvalue weighted by Crippen LogP contribution is 2.54. The van der Waals surface area contributed by atoms with Crippen LogP contribution in [-0.4, -0.2) is 19.1 Å². The van der Waals surface area contributed by atoms with E-state index in [-0.39, 0.29) is 22.9 Å². The predicted molar refractivity (Wildman–Crippen MR) is 134 cm³/mol. The van der Waals surface area contributed by atoms with Gasteiger partial charge < -0.3 is 18.3 Å². The number of hydrogen-bond donors (Lipinski definition) is 0. The zero-order valence-electron chi connectivity index (χ0n) is 19.3. The normalized spacial score (nSPS) is 15.0. The molecule has 0 aliphatic carbocycles. The molecule has 4 rings (SSSR count). The second-order valence-corrected chi connectivity index (χ2v) is 8.55. The zero-order valence-corrected chi connectivity index (χ0v) is 20.1. The number of fused-ring (bicyclic) bond motifs is 1. The van der Waals surface area contributed by atoms with Crippen molar-refractivity contribution in [2.45, 2.75) is 5.92 Å². The third kappa shape index (κ3) is 5.71. The maximum Gasteiger partial charge on any atom is 0.314 e. The first kappa shape index (κ1) is 25.7. The summed E-state index contributed by atoms with van der Waals surface area (Å²) in [7, 11) is 0. The van der Waals surface area contributed by atoms with Gasteiger partial charge in [-0.25, -0.2) is 20.2 Å². The molecule has 3 aromatic rings. The lowest BCUT2D eigenvalue weighted by Gasteiger charge is -2.11. The van der Waals surface area contributed by atoms with E-state index < -0.39 is 19.1 Å². The Kier molecular flexibility index (Phi) is 7.54. The predicted octanol–water partition coefficient (Wildman–Crippen LogP) is 7.35. The van der Waals surface area contributed by atoms with Crippen LogP contribution < -0.4 is 9.47 Å². The van der Waals surface area contributed by atoms with Gasteiger partial charge in [-0.2, -0.15) is 8.78 Å². The molecule has 0 spiro atoms. The number of rotatable bonds is 6. The maximum absolute atomic E-state index is 14.1. The number of ether oxygens (including phenoxy) is 2. The molecule has 0 saturated carbocycles. The highest BCUT2D eigenvalue weighted by Gasteiger charge is 2.38. The SMILES string of the molecule is [C-]#[N+]/C(C#N)=C\C=C\c1ccc(-c2sc(-c3ccc(/C=C/C=C(\C#N)[N+]#[C-])o3)c3c2OCC(F)(F)CO3)o1. The number of halogens is 2. The van der Waals surface area contributed by atoms with E-state index >= 15 is 0 Å². The van der Waals surface area contributed by atoms with E-state index in [0.29, 0.717) is 32.8 Å². The van der Waals surface area contributed by atoms with Crippen LogP contribution in [0.1, 0.15) is 11.5 Å². The summed E-state index contributed by atoms with van der Waals surface area (Å²) in [6, 6.07) is 10.1. The minimum atomic E-state index is -3.21. The molecular formula is C27H14F2N4O4S. The van der Waals surface area contributed by atoms with Crippen LogP contribution in [0.15, 0.2) is 68.8 Å². The number of nitriles is 2. The standard InChI is InChI=1S/C27H14F2N4O4S/c1-32-17(13-30)5-3-7-19-9-11-21(36-19)25-23-24(35-16-27(28,29)15-34-23)26(38-25)22-12-10-20(37-22)8-4-6-18(14-31)33-2/h3-12H,15-16H2/b7-3+,8-4+,17-5-,18-6+. The average Bonchev–Trinajstić information content (AvgIpc) is 3.63. The van der Waals surface area contributed by atoms with E-state index in [1.807, 2.05) is 0 Å². The first-order chi connectivity index (χ1) is 18.4. The van der Waals surface area contributed by atoms with Gasteiger partial charge in [0.05, 0.1) is 25.3 Å². The fourth-order valence-electron chi connectivity index (χ4n) is 3.18. The molecule has 3 aromatic heterocycles. The van der Waals surface area contributed by atoms with Gasteiger partial charge in [0.25, 0.3) is 11.4 Å². The monoisotopic (exact) mass is 528 g/mol. The Morgan fingerprint density at radius 1 is 0.842 bits per heavy atom. The Balaban J connectivity index is 1.70. The summed E-state index contributed by atoms with van der Waals surface area (Å²) in [5, 5.41) is 17.7. The second kappa shape index (κ2) is 11.1. The molecular weight excluding hydrogens is 514 g/mol. The van der Waals surface area contributed by atoms with Crippen molar-refractivity contribution in [3.8, 4) is 44.9 Å². The summed E-state index contributed by atoms with van der Waals surface area (Å²) in [6.45, 7) is 12.0. The molecule has 0 fully saturated rings. The molecule has 0 aromatic carbocycles. The molecule has 0 atom stereocenters. The van der Waals surface area contributed by atoms with Crippen LogP contribution in [0.25, 0.3) is 43.1 Å². The van der Waals surface area contributed by atoms with Crippen LogP contribution >= 0.6 is 11.3 Å². The summed E-state index contributed by atoms with van der Waals surface area (Å²) in [5.74, 6) is -1.55. The fourth-order valence-corrected chi connectivity index (χ4v) is 4.29. The van der Waals surface area contributed by atoms with Crippen LogP contribution in [0.2, 0.25) is 0 Å². The van der Waals surface area contributed by atoms with Gasteiger partial charge in [-0.05, 0) is 48.6 Å². The zero-order chi connectivity index (χ0) is 27.1.